The van der Waals surface area contributed by atoms with Gasteiger partial charge in [-0.15, -0.1) is 0 Å². The third-order valence-electron chi connectivity index (χ3n) is 3.83. The number of hydrogen-bond donors (Lipinski definition) is 3. The number of carbonyl (C=O) groups excluding carboxylic acids is 1. The average molecular weight is 330 g/mol. The highest BCUT2D eigenvalue weighted by atomic mass is 16.5. The first kappa shape index (κ1) is 22.4. The number of unbranched alkanes of at least 4 members (excludes halogenated alkanes) is 8. The van der Waals surface area contributed by atoms with Crippen LogP contribution in [0.2, 0.25) is 0 Å². The molecule has 0 fully saturated rings. The lowest BCUT2D eigenvalue weighted by molar-refractivity contribution is -0.143. The van der Waals surface area contributed by atoms with Gasteiger partial charge in [0.25, 0.3) is 0 Å². The van der Waals surface area contributed by atoms with Gasteiger partial charge in [-0.3, -0.25) is 4.79 Å². The first-order valence-corrected chi connectivity index (χ1v) is 9.58. The number of nitrogens with one attached hydrogen (secondary N) is 2. The van der Waals surface area contributed by atoms with Gasteiger partial charge in [0, 0.05) is 39.1 Å². The van der Waals surface area contributed by atoms with E-state index in [0.29, 0.717) is 26.1 Å². The van der Waals surface area contributed by atoms with Crippen LogP contribution < -0.4 is 16.4 Å². The number of esters is 1. The SMILES string of the molecule is CCCCCCCCCCCC(=O)OCCNCCNCCN. The lowest BCUT2D eigenvalue weighted by Crippen LogP contribution is -2.32. The molecule has 0 spiro atoms. The van der Waals surface area contributed by atoms with Gasteiger partial charge >= 0.3 is 5.97 Å². The van der Waals surface area contributed by atoms with Crippen LogP contribution in [-0.4, -0.2) is 45.3 Å². The zero-order valence-electron chi connectivity index (χ0n) is 15.2. The minimum atomic E-state index is -0.0593. The molecule has 0 aliphatic rings. The third kappa shape index (κ3) is 19.3. The van der Waals surface area contributed by atoms with Crippen molar-refractivity contribution in [3.63, 3.8) is 0 Å². The molecule has 0 atom stereocenters. The van der Waals surface area contributed by atoms with Crippen molar-refractivity contribution in [2.75, 3.05) is 39.3 Å². The van der Waals surface area contributed by atoms with E-state index in [2.05, 4.69) is 17.6 Å². The monoisotopic (exact) mass is 329 g/mol. The van der Waals surface area contributed by atoms with E-state index >= 15 is 0 Å². The maximum absolute atomic E-state index is 11.5. The molecule has 0 rings (SSSR count). The van der Waals surface area contributed by atoms with Crippen molar-refractivity contribution in [1.82, 2.24) is 10.6 Å². The lowest BCUT2D eigenvalue weighted by Gasteiger charge is -2.07. The highest BCUT2D eigenvalue weighted by molar-refractivity contribution is 5.69. The standard InChI is InChI=1S/C18H39N3O2/c1-2-3-4-5-6-7-8-9-10-11-18(22)23-17-16-21-15-14-20-13-12-19/h20-21H,2-17,19H2,1H3. The van der Waals surface area contributed by atoms with E-state index in [9.17, 15) is 4.79 Å². The summed E-state index contributed by atoms with van der Waals surface area (Å²) in [5.74, 6) is -0.0593. The van der Waals surface area contributed by atoms with Crippen LogP contribution in [0.4, 0.5) is 0 Å². The predicted molar refractivity (Wildman–Crippen MR) is 97.6 cm³/mol. The molecule has 0 amide bonds. The number of rotatable bonds is 18. The van der Waals surface area contributed by atoms with Crippen molar-refractivity contribution in [3.05, 3.63) is 0 Å². The van der Waals surface area contributed by atoms with E-state index < -0.39 is 0 Å². The van der Waals surface area contributed by atoms with Crippen molar-refractivity contribution in [1.29, 1.82) is 0 Å². The van der Waals surface area contributed by atoms with Crippen molar-refractivity contribution in [2.45, 2.75) is 71.1 Å². The Balaban J connectivity index is 3.13. The molecule has 0 aliphatic carbocycles. The van der Waals surface area contributed by atoms with Crippen LogP contribution in [0.25, 0.3) is 0 Å². The van der Waals surface area contributed by atoms with Gasteiger partial charge < -0.3 is 21.1 Å². The Morgan fingerprint density at radius 3 is 2.00 bits per heavy atom. The third-order valence-corrected chi connectivity index (χ3v) is 3.83. The van der Waals surface area contributed by atoms with Crippen LogP contribution >= 0.6 is 0 Å². The lowest BCUT2D eigenvalue weighted by atomic mass is 10.1. The normalized spacial score (nSPS) is 10.9. The van der Waals surface area contributed by atoms with Gasteiger partial charge in [-0.25, -0.2) is 0 Å². The number of nitrogens with two attached hydrogens (primary N) is 1. The summed E-state index contributed by atoms with van der Waals surface area (Å²) >= 11 is 0. The fourth-order valence-electron chi connectivity index (χ4n) is 2.42. The minimum Gasteiger partial charge on any atom is -0.464 e. The van der Waals surface area contributed by atoms with Gasteiger partial charge in [0.15, 0.2) is 0 Å². The van der Waals surface area contributed by atoms with E-state index in [0.717, 1.165) is 32.5 Å². The highest BCUT2D eigenvalue weighted by Crippen LogP contribution is 2.10. The number of hydrogen-bond acceptors (Lipinski definition) is 5. The zero-order valence-corrected chi connectivity index (χ0v) is 15.2. The van der Waals surface area contributed by atoms with Crippen molar-refractivity contribution < 1.29 is 9.53 Å². The van der Waals surface area contributed by atoms with Crippen LogP contribution in [0.3, 0.4) is 0 Å². The Bertz CT molecular complexity index is 250. The molecule has 0 radical (unpaired) electrons. The van der Waals surface area contributed by atoms with Crippen molar-refractivity contribution in [2.24, 2.45) is 5.73 Å². The van der Waals surface area contributed by atoms with E-state index in [-0.39, 0.29) is 5.97 Å². The quantitative estimate of drug-likeness (QED) is 0.266. The predicted octanol–water partition coefficient (Wildman–Crippen LogP) is 2.59. The van der Waals surface area contributed by atoms with Crippen molar-refractivity contribution in [3.8, 4) is 0 Å². The summed E-state index contributed by atoms with van der Waals surface area (Å²) in [4.78, 5) is 11.5. The Morgan fingerprint density at radius 2 is 1.39 bits per heavy atom. The Kier molecular flexibility index (Phi) is 18.8. The second kappa shape index (κ2) is 19.4. The summed E-state index contributed by atoms with van der Waals surface area (Å²) < 4.78 is 5.20. The Morgan fingerprint density at radius 1 is 0.826 bits per heavy atom. The van der Waals surface area contributed by atoms with E-state index in [1.54, 1.807) is 0 Å². The second-order valence-electron chi connectivity index (χ2n) is 6.09. The maximum Gasteiger partial charge on any atom is 0.305 e. The molecule has 138 valence electrons. The summed E-state index contributed by atoms with van der Waals surface area (Å²) in [6, 6.07) is 0. The van der Waals surface area contributed by atoms with E-state index in [1.165, 1.54) is 44.9 Å². The van der Waals surface area contributed by atoms with Gasteiger partial charge in [-0.05, 0) is 6.42 Å². The summed E-state index contributed by atoms with van der Waals surface area (Å²) in [5.41, 5.74) is 5.38. The van der Waals surface area contributed by atoms with Crippen molar-refractivity contribution >= 4 is 5.97 Å². The van der Waals surface area contributed by atoms with E-state index in [1.807, 2.05) is 0 Å². The largest absolute Gasteiger partial charge is 0.464 e. The molecule has 4 N–H and O–H groups in total. The number of carbonyl (C=O) groups is 1. The van der Waals surface area contributed by atoms with Gasteiger partial charge in [0.1, 0.15) is 6.61 Å². The minimum absolute atomic E-state index is 0.0593. The zero-order chi connectivity index (χ0) is 17.0. The molecular weight excluding hydrogens is 290 g/mol. The fraction of sp³-hybridized carbons (Fsp3) is 0.944. The molecule has 0 aromatic rings. The van der Waals surface area contributed by atoms with E-state index in [4.69, 9.17) is 10.5 Å². The number of ether oxygens (including phenoxy) is 1. The van der Waals surface area contributed by atoms with Crippen LogP contribution in [0.5, 0.6) is 0 Å². The van der Waals surface area contributed by atoms with Crippen LogP contribution in [0.15, 0.2) is 0 Å². The van der Waals surface area contributed by atoms with Crippen LogP contribution in [-0.2, 0) is 9.53 Å². The molecule has 5 nitrogen and oxygen atoms in total. The molecular formula is C18H39N3O2. The van der Waals surface area contributed by atoms with Gasteiger partial charge in [-0.2, -0.15) is 0 Å². The molecule has 0 aromatic heterocycles. The molecule has 0 bridgehead atoms. The molecule has 0 unspecified atom stereocenters. The van der Waals surface area contributed by atoms with Gasteiger partial charge in [0.2, 0.25) is 0 Å². The molecule has 0 saturated heterocycles. The summed E-state index contributed by atoms with van der Waals surface area (Å²) in [5, 5.41) is 6.42. The van der Waals surface area contributed by atoms with Gasteiger partial charge in [-0.1, -0.05) is 58.3 Å². The fourth-order valence-corrected chi connectivity index (χ4v) is 2.42. The maximum atomic E-state index is 11.5. The molecule has 5 heteroatoms. The summed E-state index contributed by atoms with van der Waals surface area (Å²) in [6.45, 7) is 6.70. The second-order valence-corrected chi connectivity index (χ2v) is 6.09. The van der Waals surface area contributed by atoms with Crippen LogP contribution in [0, 0.1) is 0 Å². The summed E-state index contributed by atoms with van der Waals surface area (Å²) in [6.07, 6.45) is 12.0. The molecule has 0 heterocycles. The molecule has 23 heavy (non-hydrogen) atoms. The summed E-state index contributed by atoms with van der Waals surface area (Å²) in [7, 11) is 0. The first-order valence-electron chi connectivity index (χ1n) is 9.58. The van der Waals surface area contributed by atoms with Crippen LogP contribution in [0.1, 0.15) is 71.1 Å². The molecule has 0 aromatic carbocycles. The average Bonchev–Trinajstić information content (AvgIpc) is 2.56. The Hall–Kier alpha value is -0.650. The Labute approximate surface area is 143 Å². The smallest absolute Gasteiger partial charge is 0.305 e. The van der Waals surface area contributed by atoms with Gasteiger partial charge in [0.05, 0.1) is 0 Å². The molecule has 0 saturated carbocycles. The topological polar surface area (TPSA) is 76.4 Å². The molecule has 0 aliphatic heterocycles. The first-order chi connectivity index (χ1) is 11.3. The highest BCUT2D eigenvalue weighted by Gasteiger charge is 2.02.